The van der Waals surface area contributed by atoms with Crippen LogP contribution in [-0.2, 0) is 0 Å². The molecule has 8 heavy (non-hydrogen) atoms. The van der Waals surface area contributed by atoms with Crippen molar-refractivity contribution < 1.29 is 0 Å². The van der Waals surface area contributed by atoms with Crippen LogP contribution in [0.15, 0.2) is 0 Å². The molecule has 0 spiro atoms. The van der Waals surface area contributed by atoms with Crippen LogP contribution in [0.5, 0.6) is 0 Å². The molecule has 1 unspecified atom stereocenters. The Hall–Kier alpha value is 0.640. The lowest BCUT2D eigenvalue weighted by molar-refractivity contribution is 0.913. The van der Waals surface area contributed by atoms with Gasteiger partial charge in [0.25, 0.3) is 0 Å². The van der Waals surface area contributed by atoms with Crippen molar-refractivity contribution in [2.24, 2.45) is 0 Å². The first-order chi connectivity index (χ1) is 3.81. The van der Waals surface area contributed by atoms with Crippen LogP contribution >= 0.6 is 23.4 Å². The second-order valence-corrected chi connectivity index (χ2v) is 3.84. The standard InChI is InChI=1S/C6H13ClS/c1-3-8-6(2)4-5-7/h6H,3-5H2,1-2H3. The first-order valence-electron chi connectivity index (χ1n) is 2.98. The third kappa shape index (κ3) is 4.79. The summed E-state index contributed by atoms with van der Waals surface area (Å²) in [6.07, 6.45) is 1.14. The molecule has 0 aromatic rings. The molecule has 0 amide bonds. The summed E-state index contributed by atoms with van der Waals surface area (Å²) in [5, 5.41) is 0.748. The van der Waals surface area contributed by atoms with E-state index in [1.165, 1.54) is 5.75 Å². The maximum Gasteiger partial charge on any atom is 0.0233 e. The third-order valence-electron chi connectivity index (χ3n) is 0.967. The van der Waals surface area contributed by atoms with Gasteiger partial charge < -0.3 is 0 Å². The summed E-state index contributed by atoms with van der Waals surface area (Å²) in [5.41, 5.74) is 0. The molecule has 0 N–H and O–H groups in total. The highest BCUT2D eigenvalue weighted by atomic mass is 35.5. The Kier molecular flexibility index (Phi) is 6.23. The van der Waals surface area contributed by atoms with Gasteiger partial charge >= 0.3 is 0 Å². The molecule has 0 aliphatic carbocycles. The highest BCUT2D eigenvalue weighted by Gasteiger charge is 1.96. The summed E-state index contributed by atoms with van der Waals surface area (Å²) in [6, 6.07) is 0. The first-order valence-corrected chi connectivity index (χ1v) is 4.57. The van der Waals surface area contributed by atoms with Crippen LogP contribution in [0.2, 0.25) is 0 Å². The van der Waals surface area contributed by atoms with Crippen molar-refractivity contribution in [1.82, 2.24) is 0 Å². The molecule has 0 aromatic carbocycles. The maximum absolute atomic E-state index is 5.52. The van der Waals surface area contributed by atoms with E-state index in [0.717, 1.165) is 17.6 Å². The molecule has 0 fully saturated rings. The summed E-state index contributed by atoms with van der Waals surface area (Å²) in [4.78, 5) is 0. The van der Waals surface area contributed by atoms with E-state index in [1.807, 2.05) is 11.8 Å². The number of hydrogen-bond acceptors (Lipinski definition) is 1. The minimum atomic E-state index is 0.748. The van der Waals surface area contributed by atoms with Crippen molar-refractivity contribution in [1.29, 1.82) is 0 Å². The molecular weight excluding hydrogens is 140 g/mol. The minimum Gasteiger partial charge on any atom is -0.159 e. The maximum atomic E-state index is 5.52. The van der Waals surface area contributed by atoms with Crippen LogP contribution in [0.1, 0.15) is 20.3 Å². The lowest BCUT2D eigenvalue weighted by atomic mass is 10.4. The van der Waals surface area contributed by atoms with Crippen molar-refractivity contribution >= 4 is 23.4 Å². The highest BCUT2D eigenvalue weighted by Crippen LogP contribution is 2.12. The highest BCUT2D eigenvalue weighted by molar-refractivity contribution is 7.99. The van der Waals surface area contributed by atoms with Gasteiger partial charge in [-0.15, -0.1) is 11.6 Å². The van der Waals surface area contributed by atoms with Gasteiger partial charge in [-0.05, 0) is 12.2 Å². The molecule has 0 heterocycles. The number of thioether (sulfide) groups is 1. The van der Waals surface area contributed by atoms with Gasteiger partial charge in [0.05, 0.1) is 0 Å². The van der Waals surface area contributed by atoms with Gasteiger partial charge in [-0.25, -0.2) is 0 Å². The summed E-state index contributed by atoms with van der Waals surface area (Å²) in [5.74, 6) is 2.01. The Balaban J connectivity index is 2.92. The van der Waals surface area contributed by atoms with E-state index in [0.29, 0.717) is 0 Å². The summed E-state index contributed by atoms with van der Waals surface area (Å²) >= 11 is 7.49. The molecule has 2 heteroatoms. The Morgan fingerprint density at radius 3 is 2.62 bits per heavy atom. The van der Waals surface area contributed by atoms with Crippen LogP contribution in [0.4, 0.5) is 0 Å². The number of alkyl halides is 1. The fourth-order valence-corrected chi connectivity index (χ4v) is 1.83. The Morgan fingerprint density at radius 1 is 1.62 bits per heavy atom. The number of halogens is 1. The average molecular weight is 153 g/mol. The Labute approximate surface area is 61.0 Å². The van der Waals surface area contributed by atoms with Gasteiger partial charge in [-0.2, -0.15) is 11.8 Å². The average Bonchev–Trinajstić information content (AvgIpc) is 1.68. The Morgan fingerprint density at radius 2 is 2.25 bits per heavy atom. The van der Waals surface area contributed by atoms with E-state index in [2.05, 4.69) is 13.8 Å². The van der Waals surface area contributed by atoms with E-state index in [-0.39, 0.29) is 0 Å². The molecule has 0 saturated carbocycles. The van der Waals surface area contributed by atoms with Gasteiger partial charge in [0.1, 0.15) is 0 Å². The molecule has 0 bridgehead atoms. The van der Waals surface area contributed by atoms with Gasteiger partial charge in [0, 0.05) is 11.1 Å². The van der Waals surface area contributed by atoms with Crippen molar-refractivity contribution in [3.05, 3.63) is 0 Å². The van der Waals surface area contributed by atoms with Gasteiger partial charge in [0.2, 0.25) is 0 Å². The van der Waals surface area contributed by atoms with Crippen molar-refractivity contribution in [2.75, 3.05) is 11.6 Å². The quantitative estimate of drug-likeness (QED) is 0.559. The zero-order valence-electron chi connectivity index (χ0n) is 5.48. The van der Waals surface area contributed by atoms with Crippen LogP contribution in [0.3, 0.4) is 0 Å². The molecule has 0 saturated heterocycles. The monoisotopic (exact) mass is 152 g/mol. The van der Waals surface area contributed by atoms with Gasteiger partial charge in [0.15, 0.2) is 0 Å². The SMILES string of the molecule is CCSC(C)CCCl. The second kappa shape index (κ2) is 5.77. The van der Waals surface area contributed by atoms with E-state index in [9.17, 15) is 0 Å². The smallest absolute Gasteiger partial charge is 0.0233 e. The van der Waals surface area contributed by atoms with E-state index in [4.69, 9.17) is 11.6 Å². The molecule has 0 radical (unpaired) electrons. The summed E-state index contributed by atoms with van der Waals surface area (Å²) < 4.78 is 0. The van der Waals surface area contributed by atoms with Crippen LogP contribution < -0.4 is 0 Å². The summed E-state index contributed by atoms with van der Waals surface area (Å²) in [7, 11) is 0. The van der Waals surface area contributed by atoms with E-state index < -0.39 is 0 Å². The fraction of sp³-hybridized carbons (Fsp3) is 1.00. The van der Waals surface area contributed by atoms with Crippen LogP contribution in [0.25, 0.3) is 0 Å². The topological polar surface area (TPSA) is 0 Å². The third-order valence-corrected chi connectivity index (χ3v) is 2.32. The van der Waals surface area contributed by atoms with Crippen LogP contribution in [0, 0.1) is 0 Å². The minimum absolute atomic E-state index is 0.748. The predicted molar refractivity (Wildman–Crippen MR) is 42.9 cm³/mol. The molecular formula is C6H13ClS. The normalized spacial score (nSPS) is 13.9. The molecule has 0 rings (SSSR count). The fourth-order valence-electron chi connectivity index (χ4n) is 0.522. The largest absolute Gasteiger partial charge is 0.159 e. The zero-order chi connectivity index (χ0) is 6.41. The molecule has 0 nitrogen and oxygen atoms in total. The molecule has 0 aromatic heterocycles. The Bertz CT molecular complexity index is 41.8. The summed E-state index contributed by atoms with van der Waals surface area (Å²) in [6.45, 7) is 4.39. The lowest BCUT2D eigenvalue weighted by Crippen LogP contribution is -1.96. The number of hydrogen-bond donors (Lipinski definition) is 0. The molecule has 50 valence electrons. The number of rotatable bonds is 4. The van der Waals surface area contributed by atoms with Crippen molar-refractivity contribution in [3.63, 3.8) is 0 Å². The van der Waals surface area contributed by atoms with Crippen molar-refractivity contribution in [2.45, 2.75) is 25.5 Å². The van der Waals surface area contributed by atoms with Crippen molar-refractivity contribution in [3.8, 4) is 0 Å². The predicted octanol–water partition coefficient (Wildman–Crippen LogP) is 2.76. The molecule has 0 aliphatic rings. The molecule has 1 atom stereocenters. The van der Waals surface area contributed by atoms with Gasteiger partial charge in [-0.3, -0.25) is 0 Å². The lowest BCUT2D eigenvalue weighted by Gasteiger charge is -2.04. The second-order valence-electron chi connectivity index (χ2n) is 1.74. The van der Waals surface area contributed by atoms with Crippen LogP contribution in [-0.4, -0.2) is 16.9 Å². The van der Waals surface area contributed by atoms with E-state index in [1.54, 1.807) is 0 Å². The zero-order valence-corrected chi connectivity index (χ0v) is 7.06. The van der Waals surface area contributed by atoms with Gasteiger partial charge in [-0.1, -0.05) is 13.8 Å². The first kappa shape index (κ1) is 8.64. The molecule has 0 aliphatic heterocycles. The van der Waals surface area contributed by atoms with E-state index >= 15 is 0 Å².